The second-order valence-corrected chi connectivity index (χ2v) is 14.0. The predicted octanol–water partition coefficient (Wildman–Crippen LogP) is 2.54. The zero-order valence-electron chi connectivity index (χ0n) is 29.4. The Morgan fingerprint density at radius 2 is 1.82 bits per heavy atom. The third kappa shape index (κ3) is 6.26. The molecular formula is C35H45N5O9. The Morgan fingerprint density at radius 3 is 2.43 bits per heavy atom. The first kappa shape index (κ1) is 35.8. The molecule has 264 valence electrons. The molecule has 3 N–H and O–H groups in total. The maximum absolute atomic E-state index is 13.8. The van der Waals surface area contributed by atoms with E-state index in [0.29, 0.717) is 17.9 Å². The van der Waals surface area contributed by atoms with Gasteiger partial charge in [0.05, 0.1) is 25.3 Å². The minimum absolute atomic E-state index is 0.0446. The normalized spacial score (nSPS) is 25.8. The van der Waals surface area contributed by atoms with Crippen LogP contribution < -0.4 is 20.1 Å². The van der Waals surface area contributed by atoms with Crippen LogP contribution in [-0.2, 0) is 30.3 Å². The molecule has 1 unspecified atom stereocenters. The highest BCUT2D eigenvalue weighted by Crippen LogP contribution is 2.54. The van der Waals surface area contributed by atoms with Crippen molar-refractivity contribution in [2.45, 2.75) is 96.2 Å². The molecule has 6 atom stereocenters. The van der Waals surface area contributed by atoms with Gasteiger partial charge in [-0.1, -0.05) is 6.07 Å². The number of benzene rings is 1. The van der Waals surface area contributed by atoms with Crippen molar-refractivity contribution in [2.75, 3.05) is 34.6 Å². The van der Waals surface area contributed by atoms with Gasteiger partial charge in [-0.3, -0.25) is 24.2 Å². The molecule has 1 fully saturated rings. The van der Waals surface area contributed by atoms with Crippen molar-refractivity contribution in [1.82, 2.24) is 20.4 Å². The number of hydrogen-bond acceptors (Lipinski definition) is 12. The van der Waals surface area contributed by atoms with Gasteiger partial charge in [-0.15, -0.1) is 0 Å². The van der Waals surface area contributed by atoms with Crippen LogP contribution in [0.4, 0.5) is 4.79 Å². The molecule has 0 radical (unpaired) electrons. The second-order valence-electron chi connectivity index (χ2n) is 14.0. The predicted molar refractivity (Wildman–Crippen MR) is 176 cm³/mol. The average Bonchev–Trinajstić information content (AvgIpc) is 3.03. The van der Waals surface area contributed by atoms with Gasteiger partial charge in [-0.05, 0) is 72.6 Å². The number of ether oxygens (including phenoxy) is 4. The number of carbonyl (C=O) groups excluding carboxylic acids is 4. The SMILES string of the molecule is COCOc1c(OC)c(C)cc2c1[C@H]1C3CC4=C(C(=O)C(O)=C(C)C4=O)[C@H](CNC(=O)[C@H](C)NC(=O)OC(C)(C)C)N3[C@@H](C#N)[C@@H](C2)N1C. The second kappa shape index (κ2) is 13.5. The average molecular weight is 680 g/mol. The molecule has 1 aromatic rings. The van der Waals surface area contributed by atoms with Crippen LogP contribution in [-0.4, -0.2) is 109 Å². The number of hydrogen-bond donors (Lipinski definition) is 3. The van der Waals surface area contributed by atoms with Gasteiger partial charge < -0.3 is 34.7 Å². The number of rotatable bonds is 8. The Balaban J connectivity index is 1.60. The maximum Gasteiger partial charge on any atom is 0.408 e. The van der Waals surface area contributed by atoms with E-state index >= 15 is 0 Å². The summed E-state index contributed by atoms with van der Waals surface area (Å²) < 4.78 is 22.5. The Morgan fingerprint density at radius 1 is 1.12 bits per heavy atom. The third-order valence-electron chi connectivity index (χ3n) is 9.78. The van der Waals surface area contributed by atoms with Gasteiger partial charge in [0.1, 0.15) is 17.7 Å². The van der Waals surface area contributed by atoms with Gasteiger partial charge in [-0.25, -0.2) is 4.79 Å². The fraction of sp³-hybridized carbons (Fsp3) is 0.571. The number of fused-ring (bicyclic) bond motifs is 6. The van der Waals surface area contributed by atoms with Crippen LogP contribution in [0.1, 0.15) is 63.8 Å². The first-order chi connectivity index (χ1) is 23.1. The van der Waals surface area contributed by atoms with Gasteiger partial charge >= 0.3 is 6.09 Å². The van der Waals surface area contributed by atoms with Crippen molar-refractivity contribution in [3.05, 3.63) is 45.2 Å². The highest BCUT2D eigenvalue weighted by Gasteiger charge is 2.58. The minimum Gasteiger partial charge on any atom is -0.504 e. The van der Waals surface area contributed by atoms with E-state index in [9.17, 15) is 29.5 Å². The number of aryl methyl sites for hydroxylation is 1. The van der Waals surface area contributed by atoms with E-state index in [1.54, 1.807) is 27.9 Å². The number of piperazine rings is 1. The van der Waals surface area contributed by atoms with Crippen LogP contribution in [0.25, 0.3) is 0 Å². The van der Waals surface area contributed by atoms with Crippen LogP contribution in [0.3, 0.4) is 0 Å². The number of nitrogens with one attached hydrogen (secondary N) is 2. The molecule has 3 aliphatic heterocycles. The number of methoxy groups -OCH3 is 2. The number of ketones is 2. The molecule has 0 aromatic heterocycles. The number of alkyl carbamates (subject to hydrolysis) is 1. The van der Waals surface area contributed by atoms with E-state index in [2.05, 4.69) is 21.6 Å². The molecule has 2 bridgehead atoms. The van der Waals surface area contributed by atoms with Crippen molar-refractivity contribution >= 4 is 23.6 Å². The molecule has 5 rings (SSSR count). The summed E-state index contributed by atoms with van der Waals surface area (Å²) in [6.45, 7) is 9.71. The molecule has 1 aromatic carbocycles. The van der Waals surface area contributed by atoms with Gasteiger partial charge in [0.25, 0.3) is 0 Å². The molecule has 0 spiro atoms. The van der Waals surface area contributed by atoms with Crippen LogP contribution in [0.15, 0.2) is 28.5 Å². The number of nitrogens with zero attached hydrogens (tertiary/aromatic N) is 3. The van der Waals surface area contributed by atoms with Gasteiger partial charge in [-0.2, -0.15) is 5.26 Å². The lowest BCUT2D eigenvalue weighted by Crippen LogP contribution is -2.71. The summed E-state index contributed by atoms with van der Waals surface area (Å²) in [5, 5.41) is 26.9. The molecule has 14 nitrogen and oxygen atoms in total. The molecule has 1 aliphatic carbocycles. The first-order valence-corrected chi connectivity index (χ1v) is 16.3. The molecule has 14 heteroatoms. The van der Waals surface area contributed by atoms with Crippen LogP contribution >= 0.6 is 0 Å². The van der Waals surface area contributed by atoms with E-state index in [4.69, 9.17) is 18.9 Å². The standard InChI is InChI=1S/C35H45N5O9/c1-16-10-19-11-21-23(13-36)40-22(27(39(21)7)25(19)32(31(16)47-9)48-15-46-8)12-20-26(30(43)29(42)17(2)28(20)41)24(40)14-37-33(44)18(3)38-34(45)49-35(4,5)6/h10,18,21-24,27,42H,11-12,14-15H2,1-9H3,(H,37,44)(H,38,45)/t18-,21+,22?,23-,24-,27+/m0/s1. The summed E-state index contributed by atoms with van der Waals surface area (Å²) in [5.41, 5.74) is 2.11. The Bertz CT molecular complexity index is 1690. The smallest absolute Gasteiger partial charge is 0.408 e. The van der Waals surface area contributed by atoms with E-state index in [0.717, 1.165) is 16.7 Å². The molecule has 49 heavy (non-hydrogen) atoms. The molecule has 1 saturated heterocycles. The van der Waals surface area contributed by atoms with Crippen molar-refractivity contribution in [2.24, 2.45) is 0 Å². The van der Waals surface area contributed by atoms with Crippen molar-refractivity contribution in [3.63, 3.8) is 0 Å². The number of nitriles is 1. The summed E-state index contributed by atoms with van der Waals surface area (Å²) >= 11 is 0. The Hall–Kier alpha value is -4.45. The first-order valence-electron chi connectivity index (χ1n) is 16.3. The van der Waals surface area contributed by atoms with Crippen LogP contribution in [0.5, 0.6) is 11.5 Å². The lowest BCUT2D eigenvalue weighted by atomic mass is 9.69. The number of aliphatic hydroxyl groups excluding tert-OH is 1. The molecule has 2 amide bonds. The van der Waals surface area contributed by atoms with Crippen LogP contribution in [0.2, 0.25) is 0 Å². The van der Waals surface area contributed by atoms with Crippen molar-refractivity contribution in [3.8, 4) is 17.6 Å². The highest BCUT2D eigenvalue weighted by molar-refractivity contribution is 6.24. The number of Topliss-reactive ketones (excluding diaryl/α,β-unsaturated/α-hetero) is 2. The number of carbonyl (C=O) groups is 4. The molecule has 3 heterocycles. The maximum atomic E-state index is 13.8. The molecule has 4 aliphatic rings. The number of allylic oxidation sites excluding steroid dienone is 2. The number of amides is 2. The minimum atomic E-state index is -1.01. The summed E-state index contributed by atoms with van der Waals surface area (Å²) in [5.74, 6) is -1.36. The Kier molecular flexibility index (Phi) is 9.84. The van der Waals surface area contributed by atoms with Gasteiger partial charge in [0, 0.05) is 48.0 Å². The summed E-state index contributed by atoms with van der Waals surface area (Å²) in [4.78, 5) is 57.3. The largest absolute Gasteiger partial charge is 0.504 e. The monoisotopic (exact) mass is 679 g/mol. The fourth-order valence-electron chi connectivity index (χ4n) is 7.71. The Labute approximate surface area is 286 Å². The van der Waals surface area contributed by atoms with E-state index in [1.807, 2.05) is 24.9 Å². The fourth-order valence-corrected chi connectivity index (χ4v) is 7.71. The third-order valence-corrected chi connectivity index (χ3v) is 9.78. The number of likely N-dealkylation sites (N-methyl/N-ethyl adjacent to an activating group) is 1. The molecular weight excluding hydrogens is 634 g/mol. The molecule has 0 saturated carbocycles. The van der Waals surface area contributed by atoms with Gasteiger partial charge in [0.2, 0.25) is 11.7 Å². The number of aliphatic hydroxyl groups is 1. The lowest BCUT2D eigenvalue weighted by Gasteiger charge is -2.60. The van der Waals surface area contributed by atoms with Crippen molar-refractivity contribution in [1.29, 1.82) is 5.26 Å². The van der Waals surface area contributed by atoms with Crippen molar-refractivity contribution < 1.29 is 43.2 Å². The topological polar surface area (TPSA) is 180 Å². The lowest BCUT2D eigenvalue weighted by molar-refractivity contribution is -0.125. The zero-order chi connectivity index (χ0) is 36.1. The summed E-state index contributed by atoms with van der Waals surface area (Å²) in [6.07, 6.45) is -0.203. The zero-order valence-corrected chi connectivity index (χ0v) is 29.4. The van der Waals surface area contributed by atoms with Gasteiger partial charge in [0.15, 0.2) is 29.8 Å². The van der Waals surface area contributed by atoms with E-state index in [1.165, 1.54) is 21.0 Å². The highest BCUT2D eigenvalue weighted by atomic mass is 16.7. The summed E-state index contributed by atoms with van der Waals surface area (Å²) in [6, 6.07) is 0.460. The quantitative estimate of drug-likeness (QED) is 0.271. The van der Waals surface area contributed by atoms with E-state index in [-0.39, 0.29) is 42.5 Å². The van der Waals surface area contributed by atoms with Crippen LogP contribution in [0, 0.1) is 18.3 Å². The summed E-state index contributed by atoms with van der Waals surface area (Å²) in [7, 11) is 5.01. The van der Waals surface area contributed by atoms with E-state index < -0.39 is 65.1 Å².